The van der Waals surface area contributed by atoms with E-state index >= 15 is 0 Å². The molecule has 1 aromatic carbocycles. The first-order valence-electron chi connectivity index (χ1n) is 6.37. The van der Waals surface area contributed by atoms with Crippen LogP contribution in [0, 0.1) is 0 Å². The van der Waals surface area contributed by atoms with Crippen LogP contribution < -0.4 is 10.2 Å². The Bertz CT molecular complexity index is 534. The topological polar surface area (TPSA) is 47.6 Å². The highest BCUT2D eigenvalue weighted by molar-refractivity contribution is 7.85. The Kier molecular flexibility index (Phi) is 4.22. The molecule has 20 heavy (non-hydrogen) atoms. The summed E-state index contributed by atoms with van der Waals surface area (Å²) < 4.78 is 26.0. The fraction of sp³-hybridized carbons (Fsp3) is 0.538. The molecule has 1 unspecified atom stereocenters. The second kappa shape index (κ2) is 5.33. The van der Waals surface area contributed by atoms with Crippen LogP contribution in [0.15, 0.2) is 18.2 Å². The predicted octanol–water partition coefficient (Wildman–Crippen LogP) is 2.34. The molecule has 0 saturated carbocycles. The first kappa shape index (κ1) is 15.8. The van der Waals surface area contributed by atoms with E-state index in [2.05, 4.69) is 4.72 Å². The third-order valence-electron chi connectivity index (χ3n) is 3.76. The number of rotatable bonds is 3. The monoisotopic (exact) mass is 315 g/mol. The molecule has 4 nitrogen and oxygen atoms in total. The summed E-state index contributed by atoms with van der Waals surface area (Å²) in [6, 6.07) is 5.33. The molecule has 110 valence electrons. The molecule has 0 aromatic heterocycles. The standard InChI is InChI=1S/C13H19BClNO3S/c1-12(2)13(3,4)19-14(18-12)10-8-9(16-20(5)17)6-7-11(10)15/h6-8,16H,1-5H3. The Morgan fingerprint density at radius 1 is 1.20 bits per heavy atom. The van der Waals surface area contributed by atoms with Crippen LogP contribution in [0.5, 0.6) is 0 Å². The van der Waals surface area contributed by atoms with Crippen molar-refractivity contribution in [2.24, 2.45) is 0 Å². The van der Waals surface area contributed by atoms with Gasteiger partial charge in [-0.15, -0.1) is 0 Å². The lowest BCUT2D eigenvalue weighted by molar-refractivity contribution is 0.00578. The maximum absolute atomic E-state index is 11.2. The van der Waals surface area contributed by atoms with Crippen LogP contribution in [-0.2, 0) is 20.3 Å². The van der Waals surface area contributed by atoms with Gasteiger partial charge in [0, 0.05) is 22.4 Å². The molecule has 1 atom stereocenters. The summed E-state index contributed by atoms with van der Waals surface area (Å²) in [4.78, 5) is 0. The van der Waals surface area contributed by atoms with E-state index < -0.39 is 29.3 Å². The van der Waals surface area contributed by atoms with Crippen molar-refractivity contribution >= 4 is 40.9 Å². The van der Waals surface area contributed by atoms with Crippen molar-refractivity contribution in [1.29, 1.82) is 0 Å². The maximum Gasteiger partial charge on any atom is 0.496 e. The van der Waals surface area contributed by atoms with Gasteiger partial charge in [0.25, 0.3) is 0 Å². The molecule has 0 spiro atoms. The van der Waals surface area contributed by atoms with E-state index in [-0.39, 0.29) is 0 Å². The molecule has 0 bridgehead atoms. The van der Waals surface area contributed by atoms with E-state index in [1.807, 2.05) is 33.8 Å². The lowest BCUT2D eigenvalue weighted by atomic mass is 9.79. The summed E-state index contributed by atoms with van der Waals surface area (Å²) in [7, 11) is -1.67. The minimum absolute atomic E-state index is 0.419. The largest absolute Gasteiger partial charge is 0.496 e. The maximum atomic E-state index is 11.2. The Labute approximate surface area is 127 Å². The molecule has 1 N–H and O–H groups in total. The lowest BCUT2D eigenvalue weighted by Gasteiger charge is -2.32. The molecule has 1 aromatic rings. The second-order valence-corrected chi connectivity index (χ2v) is 7.40. The predicted molar refractivity (Wildman–Crippen MR) is 84.9 cm³/mol. The number of hydrogen-bond donors (Lipinski definition) is 1. The zero-order valence-electron chi connectivity index (χ0n) is 12.3. The summed E-state index contributed by atoms with van der Waals surface area (Å²) in [5.41, 5.74) is 0.622. The van der Waals surface area contributed by atoms with Crippen LogP contribution in [-0.4, -0.2) is 28.8 Å². The Morgan fingerprint density at radius 3 is 2.25 bits per heavy atom. The summed E-state index contributed by atoms with van der Waals surface area (Å²) >= 11 is 6.24. The van der Waals surface area contributed by atoms with Gasteiger partial charge >= 0.3 is 7.12 Å². The first-order chi connectivity index (χ1) is 9.12. The van der Waals surface area contributed by atoms with Gasteiger partial charge in [-0.05, 0) is 45.9 Å². The van der Waals surface area contributed by atoms with E-state index in [9.17, 15) is 4.21 Å². The van der Waals surface area contributed by atoms with E-state index in [0.717, 1.165) is 11.2 Å². The summed E-state index contributed by atoms with van der Waals surface area (Å²) in [5.74, 6) is 0. The van der Waals surface area contributed by atoms with E-state index in [1.165, 1.54) is 0 Å². The molecule has 2 rings (SSSR count). The van der Waals surface area contributed by atoms with Crippen LogP contribution in [0.2, 0.25) is 5.02 Å². The Balaban J connectivity index is 2.32. The minimum atomic E-state index is -1.14. The summed E-state index contributed by atoms with van der Waals surface area (Å²) in [6.07, 6.45) is 1.57. The van der Waals surface area contributed by atoms with Gasteiger partial charge in [-0.3, -0.25) is 0 Å². The normalized spacial score (nSPS) is 21.8. The third-order valence-corrected chi connectivity index (χ3v) is 4.63. The number of nitrogens with one attached hydrogen (secondary N) is 1. The highest BCUT2D eigenvalue weighted by Crippen LogP contribution is 2.37. The summed E-state index contributed by atoms with van der Waals surface area (Å²) in [6.45, 7) is 7.96. The Morgan fingerprint density at radius 2 is 1.75 bits per heavy atom. The van der Waals surface area contributed by atoms with Gasteiger partial charge in [0.15, 0.2) is 0 Å². The summed E-state index contributed by atoms with van der Waals surface area (Å²) in [5, 5.41) is 0.566. The third kappa shape index (κ3) is 3.03. The van der Waals surface area contributed by atoms with Gasteiger partial charge in [0.1, 0.15) is 11.0 Å². The second-order valence-electron chi connectivity index (χ2n) is 5.88. The number of anilines is 1. The highest BCUT2D eigenvalue weighted by atomic mass is 35.5. The van der Waals surface area contributed by atoms with Gasteiger partial charge in [0.2, 0.25) is 0 Å². The van der Waals surface area contributed by atoms with Crippen LogP contribution in [0.25, 0.3) is 0 Å². The molecule has 1 saturated heterocycles. The average molecular weight is 316 g/mol. The van der Waals surface area contributed by atoms with Crippen molar-refractivity contribution in [3.8, 4) is 0 Å². The van der Waals surface area contributed by atoms with Crippen molar-refractivity contribution < 1.29 is 13.5 Å². The van der Waals surface area contributed by atoms with Gasteiger partial charge in [-0.1, -0.05) is 11.6 Å². The molecule has 7 heteroatoms. The smallest absolute Gasteiger partial charge is 0.399 e. The van der Waals surface area contributed by atoms with Crippen LogP contribution in [0.4, 0.5) is 5.69 Å². The van der Waals surface area contributed by atoms with Crippen molar-refractivity contribution in [2.45, 2.75) is 38.9 Å². The van der Waals surface area contributed by atoms with Crippen molar-refractivity contribution in [1.82, 2.24) is 0 Å². The quantitative estimate of drug-likeness (QED) is 0.871. The molecule has 1 fully saturated rings. The lowest BCUT2D eigenvalue weighted by Crippen LogP contribution is -2.41. The van der Waals surface area contributed by atoms with Gasteiger partial charge in [-0.2, -0.15) is 0 Å². The molecular formula is C13H19BClNO3S. The molecule has 0 aliphatic carbocycles. The fourth-order valence-electron chi connectivity index (χ4n) is 1.92. The zero-order chi connectivity index (χ0) is 15.1. The molecule has 1 aliphatic rings. The number of halogens is 1. The van der Waals surface area contributed by atoms with Gasteiger partial charge < -0.3 is 14.0 Å². The van der Waals surface area contributed by atoms with Gasteiger partial charge in [0.05, 0.1) is 11.2 Å². The number of hydrogen-bond acceptors (Lipinski definition) is 3. The van der Waals surface area contributed by atoms with E-state index in [1.54, 1.807) is 18.4 Å². The molecule has 1 aliphatic heterocycles. The van der Waals surface area contributed by atoms with Gasteiger partial charge in [-0.25, -0.2) is 4.21 Å². The first-order valence-corrected chi connectivity index (χ1v) is 8.31. The van der Waals surface area contributed by atoms with E-state index in [0.29, 0.717) is 5.02 Å². The van der Waals surface area contributed by atoms with Crippen molar-refractivity contribution in [3.63, 3.8) is 0 Å². The zero-order valence-corrected chi connectivity index (χ0v) is 13.9. The highest BCUT2D eigenvalue weighted by Gasteiger charge is 2.52. The molecule has 0 amide bonds. The Hall–Kier alpha value is -0.555. The van der Waals surface area contributed by atoms with Crippen molar-refractivity contribution in [3.05, 3.63) is 23.2 Å². The molecular weight excluding hydrogens is 296 g/mol. The van der Waals surface area contributed by atoms with E-state index in [4.69, 9.17) is 20.9 Å². The van der Waals surface area contributed by atoms with Crippen LogP contribution in [0.1, 0.15) is 27.7 Å². The van der Waals surface area contributed by atoms with Crippen molar-refractivity contribution in [2.75, 3.05) is 11.0 Å². The molecule has 1 heterocycles. The van der Waals surface area contributed by atoms with Crippen LogP contribution in [0.3, 0.4) is 0 Å². The average Bonchev–Trinajstić information content (AvgIpc) is 2.50. The molecule has 0 radical (unpaired) electrons. The minimum Gasteiger partial charge on any atom is -0.399 e. The van der Waals surface area contributed by atoms with Crippen LogP contribution >= 0.6 is 11.6 Å². The SMILES string of the molecule is CS(=O)Nc1ccc(Cl)c(B2OC(C)(C)C(C)(C)O2)c1. The fourth-order valence-corrected chi connectivity index (χ4v) is 2.59. The number of benzene rings is 1.